The van der Waals surface area contributed by atoms with Crippen LogP contribution in [0.5, 0.6) is 0 Å². The molecule has 0 atom stereocenters. The molecule has 0 saturated carbocycles. The van der Waals surface area contributed by atoms with E-state index < -0.39 is 8.80 Å². The lowest BCUT2D eigenvalue weighted by atomic mass is 10.5. The van der Waals surface area contributed by atoms with Gasteiger partial charge in [0.05, 0.1) is 0 Å². The van der Waals surface area contributed by atoms with Gasteiger partial charge in [0.1, 0.15) is 0 Å². The highest BCUT2D eigenvalue weighted by atomic mass is 28.4. The first kappa shape index (κ1) is 13.6. The van der Waals surface area contributed by atoms with Crippen molar-refractivity contribution < 1.29 is 13.3 Å². The van der Waals surface area contributed by atoms with Crippen LogP contribution >= 0.6 is 0 Å². The van der Waals surface area contributed by atoms with Crippen LogP contribution in [0.4, 0.5) is 0 Å². The van der Waals surface area contributed by atoms with Gasteiger partial charge in [-0.15, -0.1) is 6.58 Å². The van der Waals surface area contributed by atoms with Crippen LogP contribution in [0.15, 0.2) is 24.9 Å². The third kappa shape index (κ3) is 4.71. The van der Waals surface area contributed by atoms with Crippen molar-refractivity contribution in [3.63, 3.8) is 0 Å². The summed E-state index contributed by atoms with van der Waals surface area (Å²) in [5.74, 6) is 0. The molecule has 0 unspecified atom stereocenters. The second-order valence-corrected chi connectivity index (χ2v) is 5.08. The molecule has 0 aromatic rings. The van der Waals surface area contributed by atoms with Crippen molar-refractivity contribution in [1.29, 1.82) is 0 Å². The highest BCUT2D eigenvalue weighted by Gasteiger charge is 2.36. The third-order valence-electron chi connectivity index (χ3n) is 1.57. The molecule has 82 valence electrons. The Bertz CT molecular complexity index is 165. The quantitative estimate of drug-likeness (QED) is 0.336. The molecule has 3 nitrogen and oxygen atoms in total. The topological polar surface area (TPSA) is 27.7 Å². The molecule has 0 amide bonds. The van der Waals surface area contributed by atoms with Gasteiger partial charge in [-0.25, -0.2) is 0 Å². The molecule has 0 fully saturated rings. The summed E-state index contributed by atoms with van der Waals surface area (Å²) in [6, 6.07) is 0. The molecular formula is C10H20O3Si. The van der Waals surface area contributed by atoms with Gasteiger partial charge in [0.25, 0.3) is 0 Å². The summed E-state index contributed by atoms with van der Waals surface area (Å²) in [5, 5.41) is 0. The van der Waals surface area contributed by atoms with Gasteiger partial charge in [0.15, 0.2) is 0 Å². The van der Waals surface area contributed by atoms with Crippen LogP contribution in [0, 0.1) is 0 Å². The standard InChI is InChI=1S/C10H20O3Si/c1-5-9-10-13-14(8-4,11-6-2)12-7-3/h5,8H,1,4,6-7,9-10H2,2-3H3. The lowest BCUT2D eigenvalue weighted by Crippen LogP contribution is -2.44. The minimum atomic E-state index is -2.59. The zero-order chi connectivity index (χ0) is 10.9. The fraction of sp³-hybridized carbons (Fsp3) is 0.600. The van der Waals surface area contributed by atoms with Crippen molar-refractivity contribution in [3.05, 3.63) is 24.9 Å². The van der Waals surface area contributed by atoms with Gasteiger partial charge >= 0.3 is 8.80 Å². The predicted octanol–water partition coefficient (Wildman–Crippen LogP) is 2.32. The van der Waals surface area contributed by atoms with Gasteiger partial charge < -0.3 is 13.3 Å². The van der Waals surface area contributed by atoms with Crippen molar-refractivity contribution in [3.8, 4) is 0 Å². The Labute approximate surface area is 87.7 Å². The van der Waals surface area contributed by atoms with Gasteiger partial charge in [-0.3, -0.25) is 0 Å². The number of hydrogen-bond donors (Lipinski definition) is 0. The molecule has 14 heavy (non-hydrogen) atoms. The molecule has 0 saturated heterocycles. The van der Waals surface area contributed by atoms with Gasteiger partial charge in [-0.1, -0.05) is 12.7 Å². The lowest BCUT2D eigenvalue weighted by Gasteiger charge is -2.25. The SMILES string of the molecule is C=CCCO[Si](C=C)(OCC)OCC. The van der Waals surface area contributed by atoms with E-state index in [2.05, 4.69) is 13.2 Å². The molecule has 0 N–H and O–H groups in total. The Morgan fingerprint density at radius 3 is 2.00 bits per heavy atom. The maximum absolute atomic E-state index is 5.61. The van der Waals surface area contributed by atoms with Crippen LogP contribution in [0.1, 0.15) is 20.3 Å². The van der Waals surface area contributed by atoms with Crippen molar-refractivity contribution in [2.45, 2.75) is 20.3 Å². The molecule has 0 rings (SSSR count). The molecule has 0 heterocycles. The predicted molar refractivity (Wildman–Crippen MR) is 60.0 cm³/mol. The molecular weight excluding hydrogens is 196 g/mol. The summed E-state index contributed by atoms with van der Waals surface area (Å²) >= 11 is 0. The zero-order valence-electron chi connectivity index (χ0n) is 9.12. The first-order valence-corrected chi connectivity index (χ1v) is 6.71. The fourth-order valence-electron chi connectivity index (χ4n) is 0.989. The average molecular weight is 216 g/mol. The molecule has 0 aliphatic heterocycles. The maximum atomic E-state index is 5.61. The normalized spacial score (nSPS) is 11.3. The highest BCUT2D eigenvalue weighted by molar-refractivity contribution is 6.66. The van der Waals surface area contributed by atoms with E-state index in [1.807, 2.05) is 13.8 Å². The van der Waals surface area contributed by atoms with Crippen molar-refractivity contribution in [2.24, 2.45) is 0 Å². The van der Waals surface area contributed by atoms with E-state index in [4.69, 9.17) is 13.3 Å². The van der Waals surface area contributed by atoms with Gasteiger partial charge in [-0.2, -0.15) is 0 Å². The molecule has 0 aliphatic rings. The molecule has 0 radical (unpaired) electrons. The Morgan fingerprint density at radius 1 is 1.07 bits per heavy atom. The Hall–Kier alpha value is -0.423. The Morgan fingerprint density at radius 2 is 1.64 bits per heavy atom. The lowest BCUT2D eigenvalue weighted by molar-refractivity contribution is 0.0813. The van der Waals surface area contributed by atoms with E-state index in [0.717, 1.165) is 6.42 Å². The van der Waals surface area contributed by atoms with Crippen LogP contribution < -0.4 is 0 Å². The van der Waals surface area contributed by atoms with Crippen molar-refractivity contribution in [2.75, 3.05) is 19.8 Å². The van der Waals surface area contributed by atoms with E-state index in [1.54, 1.807) is 11.8 Å². The second-order valence-electron chi connectivity index (χ2n) is 2.60. The van der Waals surface area contributed by atoms with Gasteiger partial charge in [0, 0.05) is 19.8 Å². The summed E-state index contributed by atoms with van der Waals surface area (Å²) < 4.78 is 16.6. The molecule has 4 heteroatoms. The van der Waals surface area contributed by atoms with Gasteiger partial charge in [-0.05, 0) is 26.0 Å². The van der Waals surface area contributed by atoms with Crippen molar-refractivity contribution >= 4 is 8.80 Å². The Kier molecular flexibility index (Phi) is 7.69. The smallest absolute Gasteiger partial charge is 0.371 e. The second kappa shape index (κ2) is 7.93. The van der Waals surface area contributed by atoms with E-state index in [1.165, 1.54) is 0 Å². The van der Waals surface area contributed by atoms with E-state index in [-0.39, 0.29) is 0 Å². The summed E-state index contributed by atoms with van der Waals surface area (Å²) in [4.78, 5) is 0. The number of rotatable bonds is 9. The average Bonchev–Trinajstić information content (AvgIpc) is 2.19. The first-order valence-electron chi connectivity index (χ1n) is 4.91. The molecule has 0 aliphatic carbocycles. The van der Waals surface area contributed by atoms with Crippen molar-refractivity contribution in [1.82, 2.24) is 0 Å². The van der Waals surface area contributed by atoms with E-state index in [0.29, 0.717) is 19.8 Å². The van der Waals surface area contributed by atoms with Gasteiger partial charge in [0.2, 0.25) is 0 Å². The molecule has 0 aromatic heterocycles. The third-order valence-corrected chi connectivity index (χ3v) is 4.05. The fourth-order valence-corrected chi connectivity index (χ4v) is 2.80. The largest absolute Gasteiger partial charge is 0.529 e. The van der Waals surface area contributed by atoms with Crippen LogP contribution in [-0.4, -0.2) is 28.6 Å². The minimum Gasteiger partial charge on any atom is -0.371 e. The van der Waals surface area contributed by atoms with Crippen LogP contribution in [0.3, 0.4) is 0 Å². The maximum Gasteiger partial charge on any atom is 0.529 e. The number of hydrogen-bond acceptors (Lipinski definition) is 3. The Balaban J connectivity index is 4.16. The minimum absolute atomic E-state index is 0.571. The monoisotopic (exact) mass is 216 g/mol. The van der Waals surface area contributed by atoms with Crippen LogP contribution in [0.2, 0.25) is 0 Å². The highest BCUT2D eigenvalue weighted by Crippen LogP contribution is 2.11. The van der Waals surface area contributed by atoms with E-state index in [9.17, 15) is 0 Å². The molecule has 0 aromatic carbocycles. The van der Waals surface area contributed by atoms with Crippen LogP contribution in [-0.2, 0) is 13.3 Å². The first-order chi connectivity index (χ1) is 6.74. The summed E-state index contributed by atoms with van der Waals surface area (Å²) in [6.07, 6.45) is 2.60. The summed E-state index contributed by atoms with van der Waals surface area (Å²) in [7, 11) is -2.59. The summed E-state index contributed by atoms with van der Waals surface area (Å²) in [6.45, 7) is 12.9. The van der Waals surface area contributed by atoms with Crippen LogP contribution in [0.25, 0.3) is 0 Å². The molecule has 0 bridgehead atoms. The van der Waals surface area contributed by atoms with E-state index >= 15 is 0 Å². The molecule has 0 spiro atoms. The summed E-state index contributed by atoms with van der Waals surface area (Å²) in [5.41, 5.74) is 1.67. The zero-order valence-corrected chi connectivity index (χ0v) is 10.1.